The zero-order valence-corrected chi connectivity index (χ0v) is 7.80. The maximum absolute atomic E-state index is 10.9. The number of aryl methyl sites for hydroxylation is 2. The number of carboxylic acid groups (broad SMARTS) is 1. The summed E-state index contributed by atoms with van der Waals surface area (Å²) in [6, 6.07) is 0. The first-order valence-electron chi connectivity index (χ1n) is 4.01. The Morgan fingerprint density at radius 1 is 1.64 bits per heavy atom. The standard InChI is InChI=1S/C8H8N4O2/c1-11-4-6(8(13)14)5-3-9-12(2)7(5)10-11/h3-4H,1-2H3/p+1. The molecule has 0 spiro atoms. The van der Waals surface area contributed by atoms with Gasteiger partial charge in [0, 0.05) is 12.1 Å². The van der Waals surface area contributed by atoms with Crippen LogP contribution in [0.5, 0.6) is 0 Å². The van der Waals surface area contributed by atoms with E-state index >= 15 is 0 Å². The van der Waals surface area contributed by atoms with Crippen molar-refractivity contribution in [1.82, 2.24) is 14.9 Å². The van der Waals surface area contributed by atoms with Gasteiger partial charge in [-0.1, -0.05) is 4.68 Å². The van der Waals surface area contributed by atoms with E-state index in [1.54, 1.807) is 18.8 Å². The molecule has 0 aliphatic rings. The molecule has 0 aliphatic carbocycles. The summed E-state index contributed by atoms with van der Waals surface area (Å²) in [5.41, 5.74) is 0.776. The van der Waals surface area contributed by atoms with Gasteiger partial charge in [-0.05, 0) is 0 Å². The van der Waals surface area contributed by atoms with Gasteiger partial charge in [0.05, 0.1) is 11.6 Å². The highest BCUT2D eigenvalue weighted by atomic mass is 16.4. The minimum absolute atomic E-state index is 0.214. The van der Waals surface area contributed by atoms with Crippen LogP contribution in [-0.2, 0) is 14.1 Å². The van der Waals surface area contributed by atoms with Crippen molar-refractivity contribution in [2.45, 2.75) is 0 Å². The Morgan fingerprint density at radius 2 is 2.36 bits per heavy atom. The Hall–Kier alpha value is -1.98. The van der Waals surface area contributed by atoms with Crippen molar-refractivity contribution in [3.63, 3.8) is 0 Å². The normalized spacial score (nSPS) is 10.7. The summed E-state index contributed by atoms with van der Waals surface area (Å²) >= 11 is 0. The first kappa shape index (κ1) is 8.61. The zero-order valence-electron chi connectivity index (χ0n) is 7.80. The molecule has 2 aromatic heterocycles. The lowest BCUT2D eigenvalue weighted by molar-refractivity contribution is -0.728. The third kappa shape index (κ3) is 1.12. The fraction of sp³-hybridized carbons (Fsp3) is 0.250. The Balaban J connectivity index is 2.88. The molecule has 6 nitrogen and oxygen atoms in total. The quantitative estimate of drug-likeness (QED) is 0.619. The molecule has 72 valence electrons. The predicted molar refractivity (Wildman–Crippen MR) is 46.6 cm³/mol. The summed E-state index contributed by atoms with van der Waals surface area (Å²) in [6.45, 7) is 0. The van der Waals surface area contributed by atoms with Gasteiger partial charge in [0.2, 0.25) is 11.8 Å². The molecule has 2 rings (SSSR count). The van der Waals surface area contributed by atoms with E-state index in [2.05, 4.69) is 10.2 Å². The minimum Gasteiger partial charge on any atom is -0.477 e. The first-order valence-corrected chi connectivity index (χ1v) is 4.01. The van der Waals surface area contributed by atoms with Crippen LogP contribution in [0.15, 0.2) is 12.4 Å². The van der Waals surface area contributed by atoms with Gasteiger partial charge in [-0.3, -0.25) is 0 Å². The SMILES string of the molecule is Cn1ncc2c(C(=O)O)c[n+](C)nc21. The number of carboxylic acids is 1. The number of nitrogens with zero attached hydrogens (tertiary/aromatic N) is 4. The Morgan fingerprint density at radius 3 is 3.00 bits per heavy atom. The van der Waals surface area contributed by atoms with Crippen molar-refractivity contribution in [3.05, 3.63) is 18.0 Å². The molecule has 0 aromatic carbocycles. The number of aromatic carboxylic acids is 1. The number of aromatic nitrogens is 4. The molecule has 0 saturated carbocycles. The molecule has 0 bridgehead atoms. The van der Waals surface area contributed by atoms with E-state index in [0.717, 1.165) is 0 Å². The second kappa shape index (κ2) is 2.76. The van der Waals surface area contributed by atoms with Crippen LogP contribution in [0.4, 0.5) is 0 Å². The van der Waals surface area contributed by atoms with E-state index < -0.39 is 5.97 Å². The molecule has 1 N–H and O–H groups in total. The largest absolute Gasteiger partial charge is 0.477 e. The highest BCUT2D eigenvalue weighted by Crippen LogP contribution is 2.12. The topological polar surface area (TPSA) is 71.9 Å². The summed E-state index contributed by atoms with van der Waals surface area (Å²) in [4.78, 5) is 10.9. The maximum atomic E-state index is 10.9. The molecule has 2 aromatic rings. The highest BCUT2D eigenvalue weighted by molar-refractivity contribution is 6.00. The lowest BCUT2D eigenvalue weighted by Gasteiger charge is -1.94. The number of rotatable bonds is 1. The van der Waals surface area contributed by atoms with E-state index in [4.69, 9.17) is 5.11 Å². The summed E-state index contributed by atoms with van der Waals surface area (Å²) in [6.07, 6.45) is 2.97. The molecule has 14 heavy (non-hydrogen) atoms. The Kier molecular flexibility index (Phi) is 1.70. The lowest BCUT2D eigenvalue weighted by Crippen LogP contribution is -2.34. The van der Waals surface area contributed by atoms with Crippen LogP contribution in [0.2, 0.25) is 0 Å². The molecule has 0 aliphatic heterocycles. The minimum atomic E-state index is -0.971. The summed E-state index contributed by atoms with van der Waals surface area (Å²) in [7, 11) is 3.40. The number of hydrogen-bond donors (Lipinski definition) is 1. The van der Waals surface area contributed by atoms with E-state index in [1.165, 1.54) is 17.1 Å². The fourth-order valence-corrected chi connectivity index (χ4v) is 1.34. The van der Waals surface area contributed by atoms with Gasteiger partial charge in [0.1, 0.15) is 5.56 Å². The fourth-order valence-electron chi connectivity index (χ4n) is 1.34. The van der Waals surface area contributed by atoms with Crippen molar-refractivity contribution in [2.24, 2.45) is 14.1 Å². The number of carbonyl (C=O) groups is 1. The molecular weight excluding hydrogens is 184 g/mol. The monoisotopic (exact) mass is 193 g/mol. The lowest BCUT2D eigenvalue weighted by atomic mass is 10.2. The van der Waals surface area contributed by atoms with Gasteiger partial charge in [0.25, 0.3) is 0 Å². The molecule has 6 heteroatoms. The molecule has 0 amide bonds. The van der Waals surface area contributed by atoms with Crippen molar-refractivity contribution >= 4 is 17.0 Å². The molecule has 0 atom stereocenters. The zero-order chi connectivity index (χ0) is 10.3. The highest BCUT2D eigenvalue weighted by Gasteiger charge is 2.17. The van der Waals surface area contributed by atoms with Gasteiger partial charge in [0.15, 0.2) is 7.05 Å². The van der Waals surface area contributed by atoms with Crippen LogP contribution >= 0.6 is 0 Å². The van der Waals surface area contributed by atoms with E-state index in [0.29, 0.717) is 11.0 Å². The van der Waals surface area contributed by atoms with Gasteiger partial charge in [-0.25, -0.2) is 9.48 Å². The van der Waals surface area contributed by atoms with Crippen LogP contribution in [0.25, 0.3) is 11.0 Å². The van der Waals surface area contributed by atoms with Crippen LogP contribution in [0.3, 0.4) is 0 Å². The molecule has 2 heterocycles. The molecule has 0 radical (unpaired) electrons. The predicted octanol–water partition coefficient (Wildman–Crippen LogP) is -0.509. The molecule has 0 fully saturated rings. The Labute approximate surface area is 79.4 Å². The van der Waals surface area contributed by atoms with E-state index in [9.17, 15) is 4.79 Å². The van der Waals surface area contributed by atoms with Crippen LogP contribution < -0.4 is 4.68 Å². The second-order valence-electron chi connectivity index (χ2n) is 3.03. The number of fused-ring (bicyclic) bond motifs is 1. The summed E-state index contributed by atoms with van der Waals surface area (Å²) in [5.74, 6) is -0.971. The van der Waals surface area contributed by atoms with Crippen molar-refractivity contribution in [2.75, 3.05) is 0 Å². The van der Waals surface area contributed by atoms with E-state index in [1.807, 2.05) is 0 Å². The van der Waals surface area contributed by atoms with Crippen LogP contribution in [0, 0.1) is 0 Å². The van der Waals surface area contributed by atoms with Crippen molar-refractivity contribution in [1.29, 1.82) is 0 Å². The second-order valence-corrected chi connectivity index (χ2v) is 3.03. The maximum Gasteiger partial charge on any atom is 0.342 e. The van der Waals surface area contributed by atoms with Gasteiger partial charge >= 0.3 is 5.97 Å². The summed E-state index contributed by atoms with van der Waals surface area (Å²) in [5, 5.41) is 17.6. The first-order chi connectivity index (χ1) is 6.59. The average Bonchev–Trinajstić information content (AvgIpc) is 2.47. The van der Waals surface area contributed by atoms with Crippen molar-refractivity contribution in [3.8, 4) is 0 Å². The third-order valence-corrected chi connectivity index (χ3v) is 2.00. The van der Waals surface area contributed by atoms with Crippen LogP contribution in [-0.4, -0.2) is 26.0 Å². The smallest absolute Gasteiger partial charge is 0.342 e. The van der Waals surface area contributed by atoms with Crippen molar-refractivity contribution < 1.29 is 14.6 Å². The third-order valence-electron chi connectivity index (χ3n) is 2.00. The molecule has 0 saturated heterocycles. The van der Waals surface area contributed by atoms with E-state index in [-0.39, 0.29) is 5.56 Å². The average molecular weight is 193 g/mol. The Bertz CT molecular complexity index is 517. The van der Waals surface area contributed by atoms with Gasteiger partial charge in [-0.2, -0.15) is 5.10 Å². The van der Waals surface area contributed by atoms with Gasteiger partial charge in [-0.15, -0.1) is 0 Å². The molecular formula is C8H9N4O2+. The number of hydrogen-bond acceptors (Lipinski definition) is 3. The van der Waals surface area contributed by atoms with Gasteiger partial charge < -0.3 is 5.11 Å². The van der Waals surface area contributed by atoms with Crippen LogP contribution in [0.1, 0.15) is 10.4 Å². The summed E-state index contributed by atoms with van der Waals surface area (Å²) < 4.78 is 3.01. The molecule has 0 unspecified atom stereocenters.